The van der Waals surface area contributed by atoms with Crippen molar-refractivity contribution in [1.82, 2.24) is 5.32 Å². The molecule has 0 saturated carbocycles. The third kappa shape index (κ3) is 4.49. The number of benzene rings is 2. The largest absolute Gasteiger partial charge is 0.495 e. The minimum Gasteiger partial charge on any atom is -0.495 e. The normalized spacial score (nSPS) is 10.4. The van der Waals surface area contributed by atoms with Crippen LogP contribution in [-0.2, 0) is 0 Å². The van der Waals surface area contributed by atoms with E-state index >= 15 is 0 Å². The van der Waals surface area contributed by atoms with Crippen molar-refractivity contribution in [1.29, 1.82) is 0 Å². The molecule has 6 heteroatoms. The van der Waals surface area contributed by atoms with Crippen molar-refractivity contribution in [2.24, 2.45) is 0 Å². The van der Waals surface area contributed by atoms with Crippen molar-refractivity contribution in [3.63, 3.8) is 0 Å². The summed E-state index contributed by atoms with van der Waals surface area (Å²) in [6.07, 6.45) is 0. The molecule has 2 amide bonds. The second-order valence-electron chi connectivity index (χ2n) is 5.51. The molecule has 0 bridgehead atoms. The molecule has 0 aliphatic heterocycles. The van der Waals surface area contributed by atoms with Gasteiger partial charge < -0.3 is 15.4 Å². The van der Waals surface area contributed by atoms with Crippen molar-refractivity contribution in [2.45, 2.75) is 19.9 Å². The highest BCUT2D eigenvalue weighted by atomic mass is 35.5. The quantitative estimate of drug-likeness (QED) is 0.866. The van der Waals surface area contributed by atoms with Crippen LogP contribution in [0.1, 0.15) is 34.6 Å². The summed E-state index contributed by atoms with van der Waals surface area (Å²) in [5, 5.41) is 6.02. The first-order valence-corrected chi connectivity index (χ1v) is 7.84. The lowest BCUT2D eigenvalue weighted by atomic mass is 10.1. The summed E-state index contributed by atoms with van der Waals surface area (Å²) >= 11 is 5.96. The number of hydrogen-bond acceptors (Lipinski definition) is 3. The first-order chi connectivity index (χ1) is 11.4. The van der Waals surface area contributed by atoms with E-state index in [9.17, 15) is 9.59 Å². The van der Waals surface area contributed by atoms with Gasteiger partial charge in [-0.25, -0.2) is 0 Å². The Labute approximate surface area is 146 Å². The predicted octanol–water partition coefficient (Wildman–Crippen LogP) is 3.74. The molecule has 2 aromatic carbocycles. The standard InChI is InChI=1S/C18H19ClN2O3/c1-11(2)20-17(22)12-5-4-6-13(9-12)18(23)21-15-10-14(19)7-8-16(15)24-3/h4-11H,1-3H3,(H,20,22)(H,21,23). The summed E-state index contributed by atoms with van der Waals surface area (Å²) in [5.41, 5.74) is 1.26. The minimum atomic E-state index is -0.352. The Bertz CT molecular complexity index is 760. The Morgan fingerprint density at radius 1 is 1.04 bits per heavy atom. The van der Waals surface area contributed by atoms with Gasteiger partial charge in [0.15, 0.2) is 0 Å². The highest BCUT2D eigenvalue weighted by molar-refractivity contribution is 6.31. The van der Waals surface area contributed by atoms with Crippen LogP contribution in [0.2, 0.25) is 5.02 Å². The maximum Gasteiger partial charge on any atom is 0.255 e. The van der Waals surface area contributed by atoms with E-state index < -0.39 is 0 Å². The maximum atomic E-state index is 12.4. The van der Waals surface area contributed by atoms with Crippen molar-refractivity contribution in [2.75, 3.05) is 12.4 Å². The first kappa shape index (κ1) is 17.8. The smallest absolute Gasteiger partial charge is 0.255 e. The van der Waals surface area contributed by atoms with Crippen LogP contribution >= 0.6 is 11.6 Å². The molecule has 0 unspecified atom stereocenters. The first-order valence-electron chi connectivity index (χ1n) is 7.46. The molecule has 0 saturated heterocycles. The van der Waals surface area contributed by atoms with Gasteiger partial charge in [0.25, 0.3) is 11.8 Å². The molecule has 0 radical (unpaired) electrons. The third-order valence-electron chi connectivity index (χ3n) is 3.22. The Morgan fingerprint density at radius 3 is 2.33 bits per heavy atom. The van der Waals surface area contributed by atoms with Gasteiger partial charge in [0.05, 0.1) is 12.8 Å². The summed E-state index contributed by atoms with van der Waals surface area (Å²) in [5.74, 6) is -0.0730. The number of halogens is 1. The van der Waals surface area contributed by atoms with E-state index in [1.54, 1.807) is 42.5 Å². The van der Waals surface area contributed by atoms with Crippen LogP contribution in [0.15, 0.2) is 42.5 Å². The minimum absolute atomic E-state index is 0.0192. The highest BCUT2D eigenvalue weighted by Gasteiger charge is 2.13. The molecular formula is C18H19ClN2O3. The van der Waals surface area contributed by atoms with E-state index in [2.05, 4.69) is 10.6 Å². The zero-order valence-electron chi connectivity index (χ0n) is 13.7. The molecule has 0 heterocycles. The molecule has 0 fully saturated rings. The SMILES string of the molecule is COc1ccc(Cl)cc1NC(=O)c1cccc(C(=O)NC(C)C)c1. The fourth-order valence-corrected chi connectivity index (χ4v) is 2.29. The highest BCUT2D eigenvalue weighted by Crippen LogP contribution is 2.28. The van der Waals surface area contributed by atoms with Crippen LogP contribution in [0, 0.1) is 0 Å². The molecule has 126 valence electrons. The van der Waals surface area contributed by atoms with Crippen LogP contribution in [0.5, 0.6) is 5.75 Å². The summed E-state index contributed by atoms with van der Waals surface area (Å²) in [6.45, 7) is 3.75. The van der Waals surface area contributed by atoms with Crippen LogP contribution in [0.25, 0.3) is 0 Å². The number of hydrogen-bond donors (Lipinski definition) is 2. The molecule has 2 aromatic rings. The molecule has 24 heavy (non-hydrogen) atoms. The lowest BCUT2D eigenvalue weighted by Crippen LogP contribution is -2.30. The predicted molar refractivity (Wildman–Crippen MR) is 95.0 cm³/mol. The molecule has 0 aliphatic carbocycles. The summed E-state index contributed by atoms with van der Waals surface area (Å²) in [6, 6.07) is 11.5. The van der Waals surface area contributed by atoms with E-state index in [0.29, 0.717) is 27.6 Å². The van der Waals surface area contributed by atoms with Crippen LogP contribution in [0.4, 0.5) is 5.69 Å². The van der Waals surface area contributed by atoms with Crippen molar-refractivity contribution < 1.29 is 14.3 Å². The zero-order chi connectivity index (χ0) is 17.7. The number of anilines is 1. The Kier molecular flexibility index (Phi) is 5.82. The van der Waals surface area contributed by atoms with Gasteiger partial charge in [-0.1, -0.05) is 17.7 Å². The van der Waals surface area contributed by atoms with E-state index in [1.165, 1.54) is 7.11 Å². The number of amides is 2. The van der Waals surface area contributed by atoms with Crippen LogP contribution in [-0.4, -0.2) is 25.0 Å². The van der Waals surface area contributed by atoms with Crippen LogP contribution < -0.4 is 15.4 Å². The van der Waals surface area contributed by atoms with E-state index in [1.807, 2.05) is 13.8 Å². The molecule has 0 aliphatic rings. The van der Waals surface area contributed by atoms with Gasteiger partial charge >= 0.3 is 0 Å². The van der Waals surface area contributed by atoms with E-state index in [0.717, 1.165) is 0 Å². The third-order valence-corrected chi connectivity index (χ3v) is 3.45. The molecule has 0 aromatic heterocycles. The fourth-order valence-electron chi connectivity index (χ4n) is 2.12. The molecule has 5 nitrogen and oxygen atoms in total. The summed E-state index contributed by atoms with van der Waals surface area (Å²) in [4.78, 5) is 24.5. The maximum absolute atomic E-state index is 12.4. The Morgan fingerprint density at radius 2 is 1.71 bits per heavy atom. The summed E-state index contributed by atoms with van der Waals surface area (Å²) < 4.78 is 5.21. The summed E-state index contributed by atoms with van der Waals surface area (Å²) in [7, 11) is 1.51. The topological polar surface area (TPSA) is 67.4 Å². The number of ether oxygens (including phenoxy) is 1. The molecule has 0 spiro atoms. The molecule has 2 rings (SSSR count). The molecule has 0 atom stereocenters. The van der Waals surface area contributed by atoms with Crippen molar-refractivity contribution >= 4 is 29.1 Å². The Balaban J connectivity index is 2.22. The van der Waals surface area contributed by atoms with Crippen molar-refractivity contribution in [3.05, 3.63) is 58.6 Å². The number of carbonyl (C=O) groups excluding carboxylic acids is 2. The second kappa shape index (κ2) is 7.84. The number of nitrogens with one attached hydrogen (secondary N) is 2. The second-order valence-corrected chi connectivity index (χ2v) is 5.94. The average molecular weight is 347 g/mol. The van der Waals surface area contributed by atoms with Gasteiger partial charge in [-0.15, -0.1) is 0 Å². The van der Waals surface area contributed by atoms with Gasteiger partial charge in [-0.3, -0.25) is 9.59 Å². The van der Waals surface area contributed by atoms with Gasteiger partial charge in [0.1, 0.15) is 5.75 Å². The average Bonchev–Trinajstić information content (AvgIpc) is 2.54. The Hall–Kier alpha value is -2.53. The number of carbonyl (C=O) groups is 2. The zero-order valence-corrected chi connectivity index (χ0v) is 14.5. The molecular weight excluding hydrogens is 328 g/mol. The van der Waals surface area contributed by atoms with Gasteiger partial charge in [0.2, 0.25) is 0 Å². The van der Waals surface area contributed by atoms with Gasteiger partial charge in [-0.05, 0) is 50.2 Å². The number of rotatable bonds is 5. The fraction of sp³-hybridized carbons (Fsp3) is 0.222. The monoisotopic (exact) mass is 346 g/mol. The van der Waals surface area contributed by atoms with Gasteiger partial charge in [0, 0.05) is 22.2 Å². The molecule has 2 N–H and O–H groups in total. The van der Waals surface area contributed by atoms with Gasteiger partial charge in [-0.2, -0.15) is 0 Å². The number of methoxy groups -OCH3 is 1. The lowest BCUT2D eigenvalue weighted by Gasteiger charge is -2.12. The van der Waals surface area contributed by atoms with Crippen molar-refractivity contribution in [3.8, 4) is 5.75 Å². The lowest BCUT2D eigenvalue weighted by molar-refractivity contribution is 0.0943. The van der Waals surface area contributed by atoms with E-state index in [-0.39, 0.29) is 17.9 Å². The van der Waals surface area contributed by atoms with E-state index in [4.69, 9.17) is 16.3 Å². The van der Waals surface area contributed by atoms with Crippen LogP contribution in [0.3, 0.4) is 0 Å².